The molecule has 0 radical (unpaired) electrons. The molecule has 5 rings (SSSR count). The second-order valence-corrected chi connectivity index (χ2v) is 9.05. The summed E-state index contributed by atoms with van der Waals surface area (Å²) in [6.45, 7) is 4.99. The van der Waals surface area contributed by atoms with Crippen LogP contribution >= 0.6 is 22.9 Å². The van der Waals surface area contributed by atoms with Crippen LogP contribution in [0.15, 0.2) is 48.5 Å². The van der Waals surface area contributed by atoms with Gasteiger partial charge in [-0.15, -0.1) is 5.10 Å². The number of thiazole rings is 1. The summed E-state index contributed by atoms with van der Waals surface area (Å²) in [6, 6.07) is 14.1. The number of aryl methyl sites for hydroxylation is 1. The third-order valence-electron chi connectivity index (χ3n) is 5.59. The summed E-state index contributed by atoms with van der Waals surface area (Å²) in [4.78, 5) is 10.4. The van der Waals surface area contributed by atoms with E-state index in [4.69, 9.17) is 11.6 Å². The van der Waals surface area contributed by atoms with Gasteiger partial charge in [0.2, 0.25) is 10.8 Å². The fraction of sp³-hybridized carbons (Fsp3) is 0.273. The average Bonchev–Trinajstić information content (AvgIpc) is 3.27. The van der Waals surface area contributed by atoms with E-state index < -0.39 is 0 Å². The van der Waals surface area contributed by atoms with Crippen molar-refractivity contribution in [1.82, 2.24) is 19.5 Å². The third-order valence-corrected chi connectivity index (χ3v) is 6.90. The number of halogens is 2. The summed E-state index contributed by atoms with van der Waals surface area (Å²) in [5.74, 6) is 0.421. The van der Waals surface area contributed by atoms with Crippen LogP contribution in [-0.4, -0.2) is 50.8 Å². The van der Waals surface area contributed by atoms with Crippen LogP contribution in [0.5, 0.6) is 5.88 Å². The number of hydrogen-bond acceptors (Lipinski definition) is 6. The van der Waals surface area contributed by atoms with E-state index in [9.17, 15) is 9.50 Å². The fourth-order valence-electron chi connectivity index (χ4n) is 4.11. The van der Waals surface area contributed by atoms with Crippen LogP contribution in [0.25, 0.3) is 4.96 Å². The van der Waals surface area contributed by atoms with Crippen molar-refractivity contribution < 1.29 is 9.50 Å². The van der Waals surface area contributed by atoms with Gasteiger partial charge in [-0.2, -0.15) is 4.52 Å². The number of rotatable bonds is 4. The number of anilines is 1. The first-order chi connectivity index (χ1) is 15.0. The predicted octanol–water partition coefficient (Wildman–Crippen LogP) is 4.51. The van der Waals surface area contributed by atoms with Crippen LogP contribution in [0.2, 0.25) is 5.02 Å². The number of fused-ring (bicyclic) bond motifs is 1. The molecule has 1 atom stereocenters. The van der Waals surface area contributed by atoms with Gasteiger partial charge in [0.15, 0.2) is 0 Å². The molecule has 160 valence electrons. The Balaban J connectivity index is 1.47. The summed E-state index contributed by atoms with van der Waals surface area (Å²) >= 11 is 7.58. The molecular formula is C22H21ClFN5OS. The van der Waals surface area contributed by atoms with E-state index in [1.165, 1.54) is 28.0 Å². The van der Waals surface area contributed by atoms with Gasteiger partial charge < -0.3 is 10.0 Å². The molecule has 31 heavy (non-hydrogen) atoms. The normalized spacial score (nSPS) is 16.2. The van der Waals surface area contributed by atoms with Crippen LogP contribution in [0.4, 0.5) is 10.1 Å². The Morgan fingerprint density at radius 2 is 1.84 bits per heavy atom. The van der Waals surface area contributed by atoms with Gasteiger partial charge in [0.1, 0.15) is 11.6 Å². The highest BCUT2D eigenvalue weighted by molar-refractivity contribution is 7.17. The van der Waals surface area contributed by atoms with Crippen molar-refractivity contribution in [2.75, 3.05) is 31.1 Å². The van der Waals surface area contributed by atoms with Crippen LogP contribution < -0.4 is 4.90 Å². The monoisotopic (exact) mass is 457 g/mol. The molecule has 2 aromatic carbocycles. The zero-order valence-electron chi connectivity index (χ0n) is 16.9. The van der Waals surface area contributed by atoms with E-state index in [0.29, 0.717) is 10.8 Å². The lowest BCUT2D eigenvalue weighted by Gasteiger charge is -2.40. The summed E-state index contributed by atoms with van der Waals surface area (Å²) in [7, 11) is 0. The quantitative estimate of drug-likeness (QED) is 0.488. The van der Waals surface area contributed by atoms with Crippen LogP contribution in [0.3, 0.4) is 0 Å². The first-order valence-electron chi connectivity index (χ1n) is 10.0. The molecule has 0 aliphatic carbocycles. The highest BCUT2D eigenvalue weighted by atomic mass is 35.5. The SMILES string of the molecule is Cc1nc2sc([C@H](c3ccc(F)cc3)N3CCN(c4cccc(Cl)c4)CC3)c(O)n2n1. The summed E-state index contributed by atoms with van der Waals surface area (Å²) in [5.41, 5.74) is 2.02. The van der Waals surface area contributed by atoms with E-state index in [-0.39, 0.29) is 17.7 Å². The molecule has 0 unspecified atom stereocenters. The summed E-state index contributed by atoms with van der Waals surface area (Å²) < 4.78 is 15.1. The minimum absolute atomic E-state index is 0.0900. The molecule has 6 nitrogen and oxygen atoms in total. The number of aromatic nitrogens is 3. The van der Waals surface area contributed by atoms with Gasteiger partial charge in [-0.25, -0.2) is 9.37 Å². The van der Waals surface area contributed by atoms with Crippen molar-refractivity contribution in [3.63, 3.8) is 0 Å². The van der Waals surface area contributed by atoms with Gasteiger partial charge in [0.05, 0.1) is 10.9 Å². The minimum Gasteiger partial charge on any atom is -0.492 e. The lowest BCUT2D eigenvalue weighted by Crippen LogP contribution is -2.47. The number of benzene rings is 2. The highest BCUT2D eigenvalue weighted by Crippen LogP contribution is 2.40. The molecule has 3 heterocycles. The van der Waals surface area contributed by atoms with Crippen molar-refractivity contribution in [2.45, 2.75) is 13.0 Å². The zero-order valence-corrected chi connectivity index (χ0v) is 18.4. The van der Waals surface area contributed by atoms with Crippen LogP contribution in [0, 0.1) is 12.7 Å². The topological polar surface area (TPSA) is 56.9 Å². The van der Waals surface area contributed by atoms with Gasteiger partial charge in [0.25, 0.3) is 0 Å². The van der Waals surface area contributed by atoms with E-state index in [1.807, 2.05) is 18.2 Å². The summed E-state index contributed by atoms with van der Waals surface area (Å²) in [5, 5.41) is 15.9. The molecule has 9 heteroatoms. The number of hydrogen-bond donors (Lipinski definition) is 1. The number of aromatic hydroxyl groups is 1. The highest BCUT2D eigenvalue weighted by Gasteiger charge is 2.31. The Morgan fingerprint density at radius 1 is 1.10 bits per heavy atom. The maximum atomic E-state index is 13.6. The standard InChI is InChI=1S/C22H21ClFN5OS/c1-14-25-22-29(26-14)21(30)20(31-22)19(15-5-7-17(24)8-6-15)28-11-9-27(10-12-28)18-4-2-3-16(23)13-18/h2-8,13,19,30H,9-12H2,1H3/t19-/m0/s1. The average molecular weight is 458 g/mol. The molecule has 1 N–H and O–H groups in total. The molecular weight excluding hydrogens is 437 g/mol. The lowest BCUT2D eigenvalue weighted by molar-refractivity contribution is 0.211. The van der Waals surface area contributed by atoms with E-state index in [2.05, 4.69) is 25.9 Å². The molecule has 0 bridgehead atoms. The molecule has 0 spiro atoms. The van der Waals surface area contributed by atoms with Crippen molar-refractivity contribution in [1.29, 1.82) is 0 Å². The van der Waals surface area contributed by atoms with Gasteiger partial charge in [-0.1, -0.05) is 41.1 Å². The Bertz CT molecular complexity index is 1220. The predicted molar refractivity (Wildman–Crippen MR) is 121 cm³/mol. The smallest absolute Gasteiger partial charge is 0.230 e. The molecule has 1 aliphatic heterocycles. The molecule has 0 amide bonds. The maximum absolute atomic E-state index is 13.6. The van der Waals surface area contributed by atoms with Crippen molar-refractivity contribution in [3.8, 4) is 5.88 Å². The lowest BCUT2D eigenvalue weighted by atomic mass is 10.0. The minimum atomic E-state index is -0.282. The van der Waals surface area contributed by atoms with E-state index in [1.54, 1.807) is 19.1 Å². The van der Waals surface area contributed by atoms with Crippen molar-refractivity contribution in [3.05, 3.63) is 75.6 Å². The largest absolute Gasteiger partial charge is 0.492 e. The third kappa shape index (κ3) is 3.86. The number of nitrogens with zero attached hydrogens (tertiary/aromatic N) is 5. The Kier molecular flexibility index (Phi) is 5.29. The Hall–Kier alpha value is -2.68. The summed E-state index contributed by atoms with van der Waals surface area (Å²) in [6.07, 6.45) is 0. The second-order valence-electron chi connectivity index (χ2n) is 7.60. The molecule has 0 saturated carbocycles. The first-order valence-corrected chi connectivity index (χ1v) is 11.2. The molecule has 1 fully saturated rings. The van der Waals surface area contributed by atoms with Crippen molar-refractivity contribution >= 4 is 33.6 Å². The molecule has 4 aromatic rings. The van der Waals surface area contributed by atoms with Crippen molar-refractivity contribution in [2.24, 2.45) is 0 Å². The second kappa shape index (κ2) is 8.11. The maximum Gasteiger partial charge on any atom is 0.230 e. The molecule has 2 aromatic heterocycles. The Morgan fingerprint density at radius 3 is 2.52 bits per heavy atom. The van der Waals surface area contributed by atoms with Gasteiger partial charge in [0, 0.05) is 36.9 Å². The Labute approximate surface area is 188 Å². The zero-order chi connectivity index (χ0) is 21.5. The van der Waals surface area contributed by atoms with Gasteiger partial charge >= 0.3 is 0 Å². The van der Waals surface area contributed by atoms with E-state index >= 15 is 0 Å². The first kappa shape index (κ1) is 20.2. The van der Waals surface area contributed by atoms with Crippen LogP contribution in [0.1, 0.15) is 22.3 Å². The van der Waals surface area contributed by atoms with Gasteiger partial charge in [-0.05, 0) is 42.8 Å². The fourth-order valence-corrected chi connectivity index (χ4v) is 5.46. The molecule has 1 aliphatic rings. The van der Waals surface area contributed by atoms with Gasteiger partial charge in [-0.3, -0.25) is 4.90 Å². The van der Waals surface area contributed by atoms with E-state index in [0.717, 1.165) is 47.3 Å². The van der Waals surface area contributed by atoms with Crippen LogP contribution in [-0.2, 0) is 0 Å². The molecule has 1 saturated heterocycles. The number of piperazine rings is 1.